The smallest absolute Gasteiger partial charge is 0.240 e. The van der Waals surface area contributed by atoms with Crippen molar-refractivity contribution in [3.8, 4) is 0 Å². The van der Waals surface area contributed by atoms with Gasteiger partial charge in [0.15, 0.2) is 0 Å². The van der Waals surface area contributed by atoms with E-state index in [1.165, 1.54) is 0 Å². The van der Waals surface area contributed by atoms with E-state index in [2.05, 4.69) is 21.2 Å². The van der Waals surface area contributed by atoms with Crippen LogP contribution in [0.25, 0.3) is 0 Å². The topological polar surface area (TPSA) is 29.1 Å². The SMILES string of the molecule is CC(C)(Br)C(=O)Nc1cccc(Cl)c1Cl. The average molecular weight is 311 g/mol. The van der Waals surface area contributed by atoms with Gasteiger partial charge in [0.2, 0.25) is 5.91 Å². The molecule has 1 rings (SSSR count). The standard InChI is InChI=1S/C10H10BrCl2NO/c1-10(2,11)9(15)14-7-5-3-4-6(12)8(7)13/h3-5H,1-2H3,(H,14,15). The van der Waals surface area contributed by atoms with Gasteiger partial charge in [-0.2, -0.15) is 0 Å². The first-order chi connectivity index (χ1) is 6.82. The van der Waals surface area contributed by atoms with E-state index < -0.39 is 4.32 Å². The third-order valence-corrected chi connectivity index (χ3v) is 2.92. The van der Waals surface area contributed by atoms with Crippen LogP contribution in [0.2, 0.25) is 10.0 Å². The predicted octanol–water partition coefficient (Wildman–Crippen LogP) is 4.11. The van der Waals surface area contributed by atoms with Crippen LogP contribution < -0.4 is 5.32 Å². The molecule has 0 saturated heterocycles. The molecule has 0 atom stereocenters. The van der Waals surface area contributed by atoms with Gasteiger partial charge in [-0.1, -0.05) is 45.2 Å². The highest BCUT2D eigenvalue weighted by atomic mass is 79.9. The lowest BCUT2D eigenvalue weighted by molar-refractivity contribution is -0.117. The minimum Gasteiger partial charge on any atom is -0.324 e. The molecule has 0 aromatic heterocycles. The average Bonchev–Trinajstić information content (AvgIpc) is 2.11. The minimum absolute atomic E-state index is 0.174. The molecule has 0 aliphatic carbocycles. The van der Waals surface area contributed by atoms with Crippen LogP contribution in [-0.2, 0) is 4.79 Å². The van der Waals surface area contributed by atoms with Crippen LogP contribution in [0.5, 0.6) is 0 Å². The molecule has 0 bridgehead atoms. The third kappa shape index (κ3) is 3.37. The van der Waals surface area contributed by atoms with Gasteiger partial charge in [0.1, 0.15) is 0 Å². The zero-order valence-electron chi connectivity index (χ0n) is 8.27. The Morgan fingerprint density at radius 1 is 1.40 bits per heavy atom. The summed E-state index contributed by atoms with van der Waals surface area (Å²) in [6.07, 6.45) is 0. The largest absolute Gasteiger partial charge is 0.324 e. The molecule has 1 aromatic rings. The van der Waals surface area contributed by atoms with Crippen molar-refractivity contribution < 1.29 is 4.79 Å². The normalized spacial score (nSPS) is 11.3. The zero-order valence-corrected chi connectivity index (χ0v) is 11.4. The number of alkyl halides is 1. The summed E-state index contributed by atoms with van der Waals surface area (Å²) in [6.45, 7) is 3.50. The number of halogens is 3. The summed E-state index contributed by atoms with van der Waals surface area (Å²) in [5, 5.41) is 3.46. The monoisotopic (exact) mass is 309 g/mol. The fourth-order valence-corrected chi connectivity index (χ4v) is 1.32. The highest BCUT2D eigenvalue weighted by molar-refractivity contribution is 9.10. The fraction of sp³-hybridized carbons (Fsp3) is 0.300. The number of amides is 1. The predicted molar refractivity (Wildman–Crippen MR) is 68.1 cm³/mol. The molecular weight excluding hydrogens is 301 g/mol. The molecule has 1 amide bonds. The summed E-state index contributed by atoms with van der Waals surface area (Å²) >= 11 is 15.0. The molecule has 0 aliphatic heterocycles. The number of carbonyl (C=O) groups excluding carboxylic acids is 1. The summed E-state index contributed by atoms with van der Waals surface area (Å²) in [4.78, 5) is 11.6. The molecule has 1 aromatic carbocycles. The summed E-state index contributed by atoms with van der Waals surface area (Å²) < 4.78 is -0.640. The summed E-state index contributed by atoms with van der Waals surface area (Å²) in [7, 11) is 0. The van der Waals surface area contributed by atoms with Crippen LogP contribution >= 0.6 is 39.1 Å². The Morgan fingerprint density at radius 3 is 2.53 bits per heavy atom. The number of hydrogen-bond acceptors (Lipinski definition) is 1. The maximum Gasteiger partial charge on any atom is 0.240 e. The molecule has 0 heterocycles. The van der Waals surface area contributed by atoms with E-state index in [1.807, 2.05) is 0 Å². The van der Waals surface area contributed by atoms with Gasteiger partial charge in [-0.3, -0.25) is 4.79 Å². The summed E-state index contributed by atoms with van der Waals surface area (Å²) in [5.74, 6) is -0.174. The van der Waals surface area contributed by atoms with E-state index in [1.54, 1.807) is 32.0 Å². The fourth-order valence-electron chi connectivity index (χ4n) is 0.871. The minimum atomic E-state index is -0.640. The number of hydrogen-bond donors (Lipinski definition) is 1. The second kappa shape index (κ2) is 4.73. The third-order valence-electron chi connectivity index (χ3n) is 1.74. The first kappa shape index (κ1) is 12.8. The van der Waals surface area contributed by atoms with Gasteiger partial charge < -0.3 is 5.32 Å². The molecule has 0 saturated carbocycles. The second-order valence-corrected chi connectivity index (χ2v) is 6.30. The number of carbonyl (C=O) groups is 1. The Morgan fingerprint density at radius 2 is 2.00 bits per heavy atom. The van der Waals surface area contributed by atoms with Crippen molar-refractivity contribution in [3.05, 3.63) is 28.2 Å². The number of benzene rings is 1. The lowest BCUT2D eigenvalue weighted by atomic mass is 10.2. The molecule has 1 N–H and O–H groups in total. The van der Waals surface area contributed by atoms with Crippen molar-refractivity contribution in [2.45, 2.75) is 18.2 Å². The molecule has 0 aliphatic rings. The Bertz CT molecular complexity index is 387. The summed E-state index contributed by atoms with van der Waals surface area (Å²) in [6, 6.07) is 5.09. The molecule has 0 spiro atoms. The highest BCUT2D eigenvalue weighted by Crippen LogP contribution is 2.30. The summed E-state index contributed by atoms with van der Waals surface area (Å²) in [5.41, 5.74) is 0.515. The Hall–Kier alpha value is -0.250. The van der Waals surface area contributed by atoms with E-state index in [-0.39, 0.29) is 5.91 Å². The molecule has 0 fully saturated rings. The first-order valence-corrected chi connectivity index (χ1v) is 5.81. The Kier molecular flexibility index (Phi) is 4.04. The van der Waals surface area contributed by atoms with Gasteiger partial charge in [0.05, 0.1) is 20.1 Å². The lowest BCUT2D eigenvalue weighted by Crippen LogP contribution is -2.31. The quantitative estimate of drug-likeness (QED) is 0.818. The van der Waals surface area contributed by atoms with Crippen LogP contribution in [-0.4, -0.2) is 10.2 Å². The molecule has 0 radical (unpaired) electrons. The molecule has 82 valence electrons. The maximum atomic E-state index is 11.6. The van der Waals surface area contributed by atoms with Gasteiger partial charge in [-0.15, -0.1) is 0 Å². The van der Waals surface area contributed by atoms with Crippen molar-refractivity contribution in [1.29, 1.82) is 0 Å². The van der Waals surface area contributed by atoms with Gasteiger partial charge >= 0.3 is 0 Å². The Labute approximate surface area is 107 Å². The maximum absolute atomic E-state index is 11.6. The van der Waals surface area contributed by atoms with Crippen molar-refractivity contribution in [2.24, 2.45) is 0 Å². The van der Waals surface area contributed by atoms with Crippen molar-refractivity contribution in [1.82, 2.24) is 0 Å². The molecule has 15 heavy (non-hydrogen) atoms. The number of rotatable bonds is 2. The van der Waals surface area contributed by atoms with Crippen LogP contribution in [0, 0.1) is 0 Å². The highest BCUT2D eigenvalue weighted by Gasteiger charge is 2.24. The van der Waals surface area contributed by atoms with Gasteiger partial charge in [-0.05, 0) is 26.0 Å². The molecular formula is C10H10BrCl2NO. The van der Waals surface area contributed by atoms with Gasteiger partial charge in [-0.25, -0.2) is 0 Å². The van der Waals surface area contributed by atoms with Gasteiger partial charge in [0, 0.05) is 0 Å². The van der Waals surface area contributed by atoms with Gasteiger partial charge in [0.25, 0.3) is 0 Å². The van der Waals surface area contributed by atoms with Crippen molar-refractivity contribution >= 4 is 50.7 Å². The number of nitrogens with one attached hydrogen (secondary N) is 1. The first-order valence-electron chi connectivity index (χ1n) is 4.27. The van der Waals surface area contributed by atoms with E-state index in [4.69, 9.17) is 23.2 Å². The van der Waals surface area contributed by atoms with Crippen molar-refractivity contribution in [2.75, 3.05) is 5.32 Å². The number of anilines is 1. The molecule has 5 heteroatoms. The molecule has 2 nitrogen and oxygen atoms in total. The van der Waals surface area contributed by atoms with Crippen LogP contribution in [0.1, 0.15) is 13.8 Å². The van der Waals surface area contributed by atoms with Crippen LogP contribution in [0.15, 0.2) is 18.2 Å². The second-order valence-electron chi connectivity index (χ2n) is 3.53. The van der Waals surface area contributed by atoms with Crippen LogP contribution in [0.3, 0.4) is 0 Å². The Balaban J connectivity index is 2.91. The molecule has 0 unspecified atom stereocenters. The van der Waals surface area contributed by atoms with E-state index in [0.717, 1.165) is 0 Å². The van der Waals surface area contributed by atoms with Crippen molar-refractivity contribution in [3.63, 3.8) is 0 Å². The van der Waals surface area contributed by atoms with E-state index in [9.17, 15) is 4.79 Å². The van der Waals surface area contributed by atoms with E-state index >= 15 is 0 Å². The van der Waals surface area contributed by atoms with Crippen LogP contribution in [0.4, 0.5) is 5.69 Å². The van der Waals surface area contributed by atoms with E-state index in [0.29, 0.717) is 15.7 Å². The zero-order chi connectivity index (χ0) is 11.6. The lowest BCUT2D eigenvalue weighted by Gasteiger charge is -2.16.